The number of aromatic nitrogens is 2. The zero-order chi connectivity index (χ0) is 15.3. The van der Waals surface area contributed by atoms with E-state index in [4.69, 9.17) is 0 Å². The summed E-state index contributed by atoms with van der Waals surface area (Å²) in [5, 5.41) is 27.1. The van der Waals surface area contributed by atoms with Gasteiger partial charge in [-0.3, -0.25) is 10.1 Å². The number of hydrogen-bond donors (Lipinski definition) is 2. The molecule has 20 heavy (non-hydrogen) atoms. The number of aliphatic carboxylic acids is 1. The Hall–Kier alpha value is -2.12. The molecule has 0 aliphatic carbocycles. The fourth-order valence-corrected chi connectivity index (χ4v) is 1.99. The third-order valence-corrected chi connectivity index (χ3v) is 3.03. The first-order valence-electron chi connectivity index (χ1n) is 6.63. The molecule has 8 heteroatoms. The van der Waals surface area contributed by atoms with Crippen molar-refractivity contribution in [3.63, 3.8) is 0 Å². The maximum absolute atomic E-state index is 11.2. The molecular formula is C12H20N4O4. The van der Waals surface area contributed by atoms with Crippen LogP contribution in [0.3, 0.4) is 0 Å². The van der Waals surface area contributed by atoms with Crippen LogP contribution in [-0.4, -0.2) is 31.8 Å². The third-order valence-electron chi connectivity index (χ3n) is 3.03. The van der Waals surface area contributed by atoms with Gasteiger partial charge in [-0.1, -0.05) is 19.8 Å². The molecule has 1 atom stereocenters. The Morgan fingerprint density at radius 3 is 2.65 bits per heavy atom. The molecular weight excluding hydrogens is 264 g/mol. The SMILES string of the molecule is CCCCC(Nc1c([N+](=O)[O-])c(C)nn1CC)C(=O)O. The van der Waals surface area contributed by atoms with Gasteiger partial charge in [0.05, 0.1) is 4.92 Å². The van der Waals surface area contributed by atoms with Crippen LogP contribution < -0.4 is 5.32 Å². The van der Waals surface area contributed by atoms with Crippen molar-refractivity contribution in [3.05, 3.63) is 15.8 Å². The summed E-state index contributed by atoms with van der Waals surface area (Å²) in [7, 11) is 0. The molecule has 0 aromatic carbocycles. The van der Waals surface area contributed by atoms with Crippen LogP contribution >= 0.6 is 0 Å². The van der Waals surface area contributed by atoms with Crippen LogP contribution in [0.4, 0.5) is 11.5 Å². The number of carboxylic acids is 1. The number of carboxylic acid groups (broad SMARTS) is 1. The Balaban J connectivity index is 3.10. The third kappa shape index (κ3) is 3.46. The van der Waals surface area contributed by atoms with Gasteiger partial charge in [-0.25, -0.2) is 9.48 Å². The molecule has 0 bridgehead atoms. The van der Waals surface area contributed by atoms with E-state index in [2.05, 4.69) is 10.4 Å². The van der Waals surface area contributed by atoms with Crippen LogP contribution in [0.25, 0.3) is 0 Å². The smallest absolute Gasteiger partial charge is 0.333 e. The monoisotopic (exact) mass is 284 g/mol. The molecule has 0 amide bonds. The number of aryl methyl sites for hydroxylation is 2. The number of hydrogen-bond acceptors (Lipinski definition) is 5. The van der Waals surface area contributed by atoms with Crippen LogP contribution in [-0.2, 0) is 11.3 Å². The van der Waals surface area contributed by atoms with Crippen LogP contribution in [0.1, 0.15) is 38.8 Å². The van der Waals surface area contributed by atoms with E-state index < -0.39 is 16.9 Å². The Labute approximate surface area is 116 Å². The molecule has 0 saturated heterocycles. The molecule has 0 spiro atoms. The highest BCUT2D eigenvalue weighted by molar-refractivity contribution is 5.78. The van der Waals surface area contributed by atoms with Gasteiger partial charge in [0.2, 0.25) is 5.82 Å². The second kappa shape index (κ2) is 6.88. The van der Waals surface area contributed by atoms with E-state index in [0.29, 0.717) is 13.0 Å². The number of nitro groups is 1. The lowest BCUT2D eigenvalue weighted by atomic mass is 10.1. The fourth-order valence-electron chi connectivity index (χ4n) is 1.99. The molecule has 1 unspecified atom stereocenters. The highest BCUT2D eigenvalue weighted by Gasteiger charge is 2.28. The summed E-state index contributed by atoms with van der Waals surface area (Å²) in [5.41, 5.74) is 0.119. The van der Waals surface area contributed by atoms with E-state index in [-0.39, 0.29) is 17.2 Å². The van der Waals surface area contributed by atoms with Gasteiger partial charge >= 0.3 is 11.7 Å². The summed E-state index contributed by atoms with van der Waals surface area (Å²) in [6.07, 6.45) is 2.01. The summed E-state index contributed by atoms with van der Waals surface area (Å²) >= 11 is 0. The normalized spacial score (nSPS) is 12.2. The van der Waals surface area contributed by atoms with Crippen molar-refractivity contribution in [1.29, 1.82) is 0 Å². The number of unbranched alkanes of at least 4 members (excludes halogenated alkanes) is 1. The summed E-state index contributed by atoms with van der Waals surface area (Å²) in [4.78, 5) is 21.8. The first-order chi connectivity index (χ1) is 9.42. The molecule has 1 aromatic rings. The number of anilines is 1. The zero-order valence-electron chi connectivity index (χ0n) is 11.9. The van der Waals surface area contributed by atoms with Gasteiger partial charge in [-0.15, -0.1) is 0 Å². The minimum atomic E-state index is -1.02. The fraction of sp³-hybridized carbons (Fsp3) is 0.667. The second-order valence-corrected chi connectivity index (χ2v) is 4.53. The topological polar surface area (TPSA) is 110 Å². The van der Waals surface area contributed by atoms with Gasteiger partial charge in [0.15, 0.2) is 0 Å². The number of nitrogens with one attached hydrogen (secondary N) is 1. The predicted molar refractivity (Wildman–Crippen MR) is 73.9 cm³/mol. The molecule has 0 saturated carbocycles. The molecule has 1 heterocycles. The maximum atomic E-state index is 11.2. The largest absolute Gasteiger partial charge is 0.480 e. The second-order valence-electron chi connectivity index (χ2n) is 4.53. The molecule has 1 rings (SSSR count). The summed E-state index contributed by atoms with van der Waals surface area (Å²) < 4.78 is 1.43. The standard InChI is InChI=1S/C12H20N4O4/c1-4-6-7-9(12(17)18)13-11-10(16(19)20)8(3)14-15(11)5-2/h9,13H,4-7H2,1-3H3,(H,17,18). The molecule has 112 valence electrons. The lowest BCUT2D eigenvalue weighted by Gasteiger charge is -2.15. The summed E-state index contributed by atoms with van der Waals surface area (Å²) in [5.74, 6) is -0.854. The number of carbonyl (C=O) groups is 1. The highest BCUT2D eigenvalue weighted by atomic mass is 16.6. The van der Waals surface area contributed by atoms with Crippen molar-refractivity contribution >= 4 is 17.5 Å². The number of rotatable bonds is 8. The molecule has 1 aromatic heterocycles. The molecule has 0 aliphatic rings. The molecule has 2 N–H and O–H groups in total. The van der Waals surface area contributed by atoms with Gasteiger partial charge < -0.3 is 10.4 Å². The van der Waals surface area contributed by atoms with Gasteiger partial charge in [-0.05, 0) is 20.3 Å². The zero-order valence-corrected chi connectivity index (χ0v) is 11.9. The van der Waals surface area contributed by atoms with E-state index in [1.165, 1.54) is 11.6 Å². The average Bonchev–Trinajstić information content (AvgIpc) is 2.70. The lowest BCUT2D eigenvalue weighted by Crippen LogP contribution is -2.30. The first kappa shape index (κ1) is 15.9. The van der Waals surface area contributed by atoms with Crippen LogP contribution in [0, 0.1) is 17.0 Å². The molecule has 8 nitrogen and oxygen atoms in total. The lowest BCUT2D eigenvalue weighted by molar-refractivity contribution is -0.384. The minimum Gasteiger partial charge on any atom is -0.480 e. The van der Waals surface area contributed by atoms with E-state index in [1.807, 2.05) is 6.92 Å². The van der Waals surface area contributed by atoms with Gasteiger partial charge in [-0.2, -0.15) is 5.10 Å². The van der Waals surface area contributed by atoms with Gasteiger partial charge in [0.25, 0.3) is 0 Å². The van der Waals surface area contributed by atoms with Gasteiger partial charge in [0, 0.05) is 6.54 Å². The summed E-state index contributed by atoms with van der Waals surface area (Å²) in [6, 6.07) is -0.852. The highest BCUT2D eigenvalue weighted by Crippen LogP contribution is 2.29. The molecule has 0 aliphatic heterocycles. The van der Waals surface area contributed by atoms with Crippen LogP contribution in [0.15, 0.2) is 0 Å². The molecule has 0 radical (unpaired) electrons. The predicted octanol–water partition coefficient (Wildman–Crippen LogP) is 2.17. The van der Waals surface area contributed by atoms with Crippen molar-refractivity contribution in [2.75, 3.05) is 5.32 Å². The molecule has 0 fully saturated rings. The Morgan fingerprint density at radius 2 is 2.20 bits per heavy atom. The van der Waals surface area contributed by atoms with Crippen LogP contribution in [0.5, 0.6) is 0 Å². The van der Waals surface area contributed by atoms with E-state index in [9.17, 15) is 20.0 Å². The van der Waals surface area contributed by atoms with Crippen molar-refractivity contribution in [3.8, 4) is 0 Å². The van der Waals surface area contributed by atoms with E-state index in [0.717, 1.165) is 12.8 Å². The Bertz CT molecular complexity index is 498. The van der Waals surface area contributed by atoms with Gasteiger partial charge in [0.1, 0.15) is 11.7 Å². The van der Waals surface area contributed by atoms with E-state index >= 15 is 0 Å². The van der Waals surface area contributed by atoms with Crippen molar-refractivity contribution in [1.82, 2.24) is 9.78 Å². The Kier molecular flexibility index (Phi) is 5.48. The van der Waals surface area contributed by atoms with Crippen LogP contribution in [0.2, 0.25) is 0 Å². The minimum absolute atomic E-state index is 0.158. The maximum Gasteiger partial charge on any atom is 0.333 e. The van der Waals surface area contributed by atoms with Crippen molar-refractivity contribution < 1.29 is 14.8 Å². The number of nitrogens with zero attached hydrogens (tertiary/aromatic N) is 3. The Morgan fingerprint density at radius 1 is 1.55 bits per heavy atom. The summed E-state index contributed by atoms with van der Waals surface area (Å²) in [6.45, 7) is 5.72. The van der Waals surface area contributed by atoms with Crippen molar-refractivity contribution in [2.24, 2.45) is 0 Å². The van der Waals surface area contributed by atoms with Crippen molar-refractivity contribution in [2.45, 2.75) is 52.6 Å². The first-order valence-corrected chi connectivity index (χ1v) is 6.63. The van der Waals surface area contributed by atoms with E-state index in [1.54, 1.807) is 6.92 Å². The quantitative estimate of drug-likeness (QED) is 0.559. The average molecular weight is 284 g/mol.